The summed E-state index contributed by atoms with van der Waals surface area (Å²) in [6, 6.07) is 13.8. The highest BCUT2D eigenvalue weighted by Gasteiger charge is 2.28. The van der Waals surface area contributed by atoms with Gasteiger partial charge in [-0.25, -0.2) is 8.42 Å². The maximum atomic E-state index is 13.2. The summed E-state index contributed by atoms with van der Waals surface area (Å²) in [5.41, 5.74) is 1.28. The van der Waals surface area contributed by atoms with Crippen molar-refractivity contribution in [2.24, 2.45) is 0 Å². The van der Waals surface area contributed by atoms with Gasteiger partial charge in [0.15, 0.2) is 0 Å². The van der Waals surface area contributed by atoms with Gasteiger partial charge in [0, 0.05) is 6.07 Å². The fourth-order valence-electron chi connectivity index (χ4n) is 2.97. The molecule has 162 valence electrons. The monoisotopic (exact) mass is 443 g/mol. The highest BCUT2D eigenvalue weighted by molar-refractivity contribution is 7.89. The zero-order chi connectivity index (χ0) is 22.6. The molecule has 3 aromatic rings. The number of carbonyl (C=O) groups is 1. The molecule has 0 atom stereocenters. The molecule has 0 unspecified atom stereocenters. The van der Waals surface area contributed by atoms with Crippen molar-refractivity contribution in [1.29, 1.82) is 0 Å². The molecule has 2 aromatic carbocycles. The molecule has 1 heterocycles. The number of hydrogen-bond donors (Lipinski definition) is 1. The van der Waals surface area contributed by atoms with Gasteiger partial charge < -0.3 is 9.73 Å². The van der Waals surface area contributed by atoms with Crippen molar-refractivity contribution in [1.82, 2.24) is 4.31 Å². The number of carbonyl (C=O) groups excluding carboxylic acids is 1. The molecule has 9 nitrogen and oxygen atoms in total. The quantitative estimate of drug-likeness (QED) is 0.419. The fraction of sp³-hybridized carbons (Fsp3) is 0.190. The predicted octanol–water partition coefficient (Wildman–Crippen LogP) is 3.63. The molecule has 1 amide bonds. The van der Waals surface area contributed by atoms with E-state index in [0.29, 0.717) is 5.76 Å². The Kier molecular flexibility index (Phi) is 6.52. The smallest absolute Gasteiger partial charge is 0.274 e. The second-order valence-electron chi connectivity index (χ2n) is 6.92. The summed E-state index contributed by atoms with van der Waals surface area (Å²) < 4.78 is 32.6. The van der Waals surface area contributed by atoms with Crippen molar-refractivity contribution in [2.45, 2.75) is 25.3 Å². The number of benzene rings is 2. The SMILES string of the molecule is Cc1ccc(S(=O)(=O)N(CC(=O)Nc2cccc([N+](=O)[O-])c2C)Cc2ccco2)cc1. The first-order valence-electron chi connectivity index (χ1n) is 9.31. The van der Waals surface area contributed by atoms with Crippen LogP contribution in [0.5, 0.6) is 0 Å². The maximum absolute atomic E-state index is 13.2. The lowest BCUT2D eigenvalue weighted by Crippen LogP contribution is -2.37. The van der Waals surface area contributed by atoms with Crippen LogP contribution in [-0.4, -0.2) is 30.1 Å². The van der Waals surface area contributed by atoms with E-state index in [-0.39, 0.29) is 28.4 Å². The van der Waals surface area contributed by atoms with Crippen LogP contribution in [-0.2, 0) is 21.4 Å². The summed E-state index contributed by atoms with van der Waals surface area (Å²) in [4.78, 5) is 23.3. The fourth-order valence-corrected chi connectivity index (χ4v) is 4.33. The first-order chi connectivity index (χ1) is 14.7. The van der Waals surface area contributed by atoms with E-state index in [2.05, 4.69) is 5.32 Å². The summed E-state index contributed by atoms with van der Waals surface area (Å²) >= 11 is 0. The Morgan fingerprint density at radius 2 is 1.81 bits per heavy atom. The molecule has 0 saturated carbocycles. The standard InChI is InChI=1S/C21H21N3O6S/c1-15-8-10-18(11-9-15)31(28,29)23(13-17-5-4-12-30-17)14-21(25)22-19-6-3-7-20(16(19)2)24(26)27/h3-12H,13-14H2,1-2H3,(H,22,25). The molecule has 3 rings (SSSR count). The van der Waals surface area contributed by atoms with Gasteiger partial charge in [0.1, 0.15) is 5.76 Å². The molecular formula is C21H21N3O6S. The first-order valence-corrected chi connectivity index (χ1v) is 10.8. The lowest BCUT2D eigenvalue weighted by atomic mass is 10.1. The van der Waals surface area contributed by atoms with Crippen molar-refractivity contribution in [3.05, 3.63) is 87.9 Å². The molecule has 0 aliphatic rings. The van der Waals surface area contributed by atoms with Gasteiger partial charge in [0.05, 0.1) is 40.4 Å². The van der Waals surface area contributed by atoms with Crippen LogP contribution in [0.3, 0.4) is 0 Å². The van der Waals surface area contributed by atoms with Crippen LogP contribution in [0.2, 0.25) is 0 Å². The van der Waals surface area contributed by atoms with Gasteiger partial charge >= 0.3 is 0 Å². The van der Waals surface area contributed by atoms with Gasteiger partial charge in [-0.3, -0.25) is 14.9 Å². The number of sulfonamides is 1. The largest absolute Gasteiger partial charge is 0.468 e. The Labute approximate surface area is 179 Å². The van der Waals surface area contributed by atoms with Gasteiger partial charge in [-0.05, 0) is 44.2 Å². The number of nitro groups is 1. The van der Waals surface area contributed by atoms with Crippen molar-refractivity contribution < 1.29 is 22.6 Å². The normalized spacial score (nSPS) is 11.5. The molecule has 0 aliphatic heterocycles. The van der Waals surface area contributed by atoms with Gasteiger partial charge in [-0.2, -0.15) is 4.31 Å². The number of aryl methyl sites for hydroxylation is 1. The van der Waals surface area contributed by atoms with E-state index in [1.165, 1.54) is 43.5 Å². The van der Waals surface area contributed by atoms with E-state index < -0.39 is 27.4 Å². The van der Waals surface area contributed by atoms with Crippen LogP contribution in [0, 0.1) is 24.0 Å². The van der Waals surface area contributed by atoms with Crippen molar-refractivity contribution >= 4 is 27.3 Å². The Hall–Kier alpha value is -3.50. The molecule has 0 spiro atoms. The lowest BCUT2D eigenvalue weighted by Gasteiger charge is -2.21. The Morgan fingerprint density at radius 1 is 1.10 bits per heavy atom. The van der Waals surface area contributed by atoms with Gasteiger partial charge in [0.25, 0.3) is 5.69 Å². The molecular weight excluding hydrogens is 422 g/mol. The topological polar surface area (TPSA) is 123 Å². The third-order valence-electron chi connectivity index (χ3n) is 4.67. The molecule has 1 aromatic heterocycles. The van der Waals surface area contributed by atoms with E-state index in [0.717, 1.165) is 9.87 Å². The van der Waals surface area contributed by atoms with E-state index in [9.17, 15) is 23.3 Å². The van der Waals surface area contributed by atoms with Crippen LogP contribution in [0.1, 0.15) is 16.9 Å². The second kappa shape index (κ2) is 9.11. The van der Waals surface area contributed by atoms with E-state index in [1.807, 2.05) is 6.92 Å². The van der Waals surface area contributed by atoms with E-state index in [4.69, 9.17) is 4.42 Å². The van der Waals surface area contributed by atoms with Crippen molar-refractivity contribution in [3.63, 3.8) is 0 Å². The highest BCUT2D eigenvalue weighted by atomic mass is 32.2. The number of hydrogen-bond acceptors (Lipinski definition) is 6. The minimum Gasteiger partial charge on any atom is -0.468 e. The minimum atomic E-state index is -4.01. The average molecular weight is 443 g/mol. The zero-order valence-corrected chi connectivity index (χ0v) is 17.8. The summed E-state index contributed by atoms with van der Waals surface area (Å²) in [6.07, 6.45) is 1.42. The number of anilines is 1. The summed E-state index contributed by atoms with van der Waals surface area (Å²) in [6.45, 7) is 2.70. The summed E-state index contributed by atoms with van der Waals surface area (Å²) in [5, 5.41) is 13.7. The molecule has 0 saturated heterocycles. The zero-order valence-electron chi connectivity index (χ0n) is 16.9. The molecule has 10 heteroatoms. The summed E-state index contributed by atoms with van der Waals surface area (Å²) in [5.74, 6) is -0.263. The number of nitro benzene ring substituents is 1. The number of nitrogens with zero attached hydrogens (tertiary/aromatic N) is 2. The number of furan rings is 1. The third kappa shape index (κ3) is 5.16. The number of nitrogens with one attached hydrogen (secondary N) is 1. The van der Waals surface area contributed by atoms with Crippen LogP contribution < -0.4 is 5.32 Å². The van der Waals surface area contributed by atoms with Crippen molar-refractivity contribution in [3.8, 4) is 0 Å². The summed E-state index contributed by atoms with van der Waals surface area (Å²) in [7, 11) is -4.01. The molecule has 0 fully saturated rings. The number of amides is 1. The van der Waals surface area contributed by atoms with Gasteiger partial charge in [-0.1, -0.05) is 23.8 Å². The Morgan fingerprint density at radius 3 is 2.42 bits per heavy atom. The van der Waals surface area contributed by atoms with Crippen LogP contribution in [0.15, 0.2) is 70.2 Å². The van der Waals surface area contributed by atoms with Crippen LogP contribution in [0.4, 0.5) is 11.4 Å². The second-order valence-corrected chi connectivity index (χ2v) is 8.86. The highest BCUT2D eigenvalue weighted by Crippen LogP contribution is 2.25. The average Bonchev–Trinajstić information content (AvgIpc) is 3.22. The van der Waals surface area contributed by atoms with E-state index in [1.54, 1.807) is 24.3 Å². The molecule has 31 heavy (non-hydrogen) atoms. The minimum absolute atomic E-state index is 0.0454. The third-order valence-corrected chi connectivity index (χ3v) is 6.47. The van der Waals surface area contributed by atoms with Crippen molar-refractivity contribution in [2.75, 3.05) is 11.9 Å². The Bertz CT molecular complexity index is 1190. The van der Waals surface area contributed by atoms with Crippen LogP contribution >= 0.6 is 0 Å². The van der Waals surface area contributed by atoms with Gasteiger partial charge in [-0.15, -0.1) is 0 Å². The van der Waals surface area contributed by atoms with Gasteiger partial charge in [0.2, 0.25) is 15.9 Å². The molecule has 0 radical (unpaired) electrons. The molecule has 0 aliphatic carbocycles. The first kappa shape index (κ1) is 22.2. The Balaban J connectivity index is 1.87. The predicted molar refractivity (Wildman–Crippen MR) is 114 cm³/mol. The molecule has 0 bridgehead atoms. The van der Waals surface area contributed by atoms with Crippen LogP contribution in [0.25, 0.3) is 0 Å². The maximum Gasteiger partial charge on any atom is 0.274 e. The number of rotatable bonds is 8. The molecule has 1 N–H and O–H groups in total. The van der Waals surface area contributed by atoms with E-state index >= 15 is 0 Å². The lowest BCUT2D eigenvalue weighted by molar-refractivity contribution is -0.385.